The number of aliphatic carboxylic acids is 1. The molecule has 7 heteroatoms. The van der Waals surface area contributed by atoms with Crippen molar-refractivity contribution in [1.82, 2.24) is 20.2 Å². The Morgan fingerprint density at radius 2 is 2.20 bits per heavy atom. The fourth-order valence-corrected chi connectivity index (χ4v) is 2.93. The molecule has 0 aliphatic heterocycles. The summed E-state index contributed by atoms with van der Waals surface area (Å²) in [6, 6.07) is 5.76. The minimum Gasteiger partial charge on any atom is -0.479 e. The molecule has 6 nitrogen and oxygen atoms in total. The summed E-state index contributed by atoms with van der Waals surface area (Å²) in [5.74, 6) is -0.385. The maximum Gasteiger partial charge on any atom is 0.331 e. The zero-order chi connectivity index (χ0) is 14.3. The van der Waals surface area contributed by atoms with Crippen LogP contribution in [0.1, 0.15) is 24.8 Å². The van der Waals surface area contributed by atoms with Gasteiger partial charge in [0.1, 0.15) is 0 Å². The van der Waals surface area contributed by atoms with Gasteiger partial charge in [0.15, 0.2) is 11.4 Å². The first kappa shape index (κ1) is 13.2. The first-order valence-electron chi connectivity index (χ1n) is 6.34. The summed E-state index contributed by atoms with van der Waals surface area (Å²) in [5.41, 5.74) is 0.861. The number of aryl methyl sites for hydroxylation is 1. The van der Waals surface area contributed by atoms with Crippen LogP contribution < -0.4 is 0 Å². The third kappa shape index (κ3) is 1.76. The van der Waals surface area contributed by atoms with Crippen LogP contribution in [0.15, 0.2) is 22.7 Å². The highest BCUT2D eigenvalue weighted by Crippen LogP contribution is 2.41. The molecule has 1 aliphatic rings. The molecular formula is C13H13BrN4O2. The Morgan fingerprint density at radius 1 is 1.45 bits per heavy atom. The average Bonchev–Trinajstić information content (AvgIpc) is 2.80. The van der Waals surface area contributed by atoms with Crippen LogP contribution in [-0.4, -0.2) is 31.3 Å². The molecule has 0 radical (unpaired) electrons. The minimum absolute atomic E-state index is 0.489. The van der Waals surface area contributed by atoms with Crippen molar-refractivity contribution in [3.63, 3.8) is 0 Å². The van der Waals surface area contributed by atoms with Crippen LogP contribution >= 0.6 is 15.9 Å². The highest BCUT2D eigenvalue weighted by Gasteiger charge is 2.49. The van der Waals surface area contributed by atoms with Gasteiger partial charge in [0.2, 0.25) is 0 Å². The number of aromatic nitrogens is 4. The van der Waals surface area contributed by atoms with Gasteiger partial charge in [-0.3, -0.25) is 0 Å². The number of tetrazole rings is 1. The number of carboxylic acids is 1. The number of carboxylic acid groups (broad SMARTS) is 1. The molecular weight excluding hydrogens is 324 g/mol. The lowest BCUT2D eigenvalue weighted by molar-refractivity contribution is -0.153. The van der Waals surface area contributed by atoms with Crippen molar-refractivity contribution in [2.45, 2.75) is 31.7 Å². The van der Waals surface area contributed by atoms with E-state index in [1.165, 1.54) is 4.68 Å². The fourth-order valence-electron chi connectivity index (χ4n) is 2.49. The summed E-state index contributed by atoms with van der Waals surface area (Å²) in [6.07, 6.45) is 1.99. The fraction of sp³-hybridized carbons (Fsp3) is 0.385. The second kappa shape index (κ2) is 4.66. The van der Waals surface area contributed by atoms with Gasteiger partial charge in [-0.25, -0.2) is 9.48 Å². The number of nitrogens with zero attached hydrogens (tertiary/aromatic N) is 4. The number of halogens is 1. The van der Waals surface area contributed by atoms with E-state index in [0.717, 1.165) is 22.0 Å². The van der Waals surface area contributed by atoms with Crippen LogP contribution in [0.3, 0.4) is 0 Å². The van der Waals surface area contributed by atoms with Gasteiger partial charge in [-0.1, -0.05) is 12.1 Å². The molecule has 1 N–H and O–H groups in total. The number of carbonyl (C=O) groups is 1. The molecule has 1 aromatic carbocycles. The number of rotatable bonds is 3. The quantitative estimate of drug-likeness (QED) is 0.930. The third-order valence-corrected chi connectivity index (χ3v) is 4.94. The van der Waals surface area contributed by atoms with E-state index in [2.05, 4.69) is 31.5 Å². The standard InChI is InChI=1S/C13H13BrN4O2/c1-8-4-2-5-9(10(8)14)11-15-16-17-18(11)13(12(19)20)6-3-7-13/h2,4-5H,3,6-7H2,1H3,(H,19,20). The van der Waals surface area contributed by atoms with Crippen molar-refractivity contribution in [3.05, 3.63) is 28.2 Å². The Bertz CT molecular complexity index is 679. The molecule has 1 saturated carbocycles. The van der Waals surface area contributed by atoms with E-state index >= 15 is 0 Å². The van der Waals surface area contributed by atoms with Crippen LogP contribution in [0, 0.1) is 6.92 Å². The van der Waals surface area contributed by atoms with Crippen molar-refractivity contribution < 1.29 is 9.90 Å². The maximum absolute atomic E-state index is 11.6. The Labute approximate surface area is 123 Å². The minimum atomic E-state index is -0.998. The monoisotopic (exact) mass is 336 g/mol. The Morgan fingerprint density at radius 3 is 2.80 bits per heavy atom. The van der Waals surface area contributed by atoms with Gasteiger partial charge in [-0.2, -0.15) is 0 Å². The molecule has 3 rings (SSSR count). The Hall–Kier alpha value is -1.76. The maximum atomic E-state index is 11.6. The highest BCUT2D eigenvalue weighted by atomic mass is 79.9. The van der Waals surface area contributed by atoms with E-state index in [9.17, 15) is 9.90 Å². The van der Waals surface area contributed by atoms with Crippen LogP contribution in [0.2, 0.25) is 0 Å². The first-order chi connectivity index (χ1) is 9.56. The number of benzene rings is 1. The molecule has 0 amide bonds. The van der Waals surface area contributed by atoms with Crippen LogP contribution in [0.25, 0.3) is 11.4 Å². The van der Waals surface area contributed by atoms with E-state index in [0.29, 0.717) is 18.7 Å². The van der Waals surface area contributed by atoms with Crippen LogP contribution in [0.5, 0.6) is 0 Å². The van der Waals surface area contributed by atoms with Crippen molar-refractivity contribution in [2.75, 3.05) is 0 Å². The van der Waals surface area contributed by atoms with E-state index in [1.807, 2.05) is 25.1 Å². The Kier molecular flexibility index (Phi) is 3.08. The summed E-state index contributed by atoms with van der Waals surface area (Å²) in [7, 11) is 0. The van der Waals surface area contributed by atoms with E-state index in [-0.39, 0.29) is 0 Å². The van der Waals surface area contributed by atoms with Gasteiger partial charge in [0.25, 0.3) is 0 Å². The van der Waals surface area contributed by atoms with Gasteiger partial charge >= 0.3 is 5.97 Å². The molecule has 104 valence electrons. The molecule has 1 fully saturated rings. The predicted octanol–water partition coefficient (Wildman–Crippen LogP) is 2.37. The zero-order valence-corrected chi connectivity index (χ0v) is 12.5. The van der Waals surface area contributed by atoms with E-state index in [4.69, 9.17) is 0 Å². The van der Waals surface area contributed by atoms with E-state index < -0.39 is 11.5 Å². The summed E-state index contributed by atoms with van der Waals surface area (Å²) in [5, 5.41) is 21.2. The molecule has 0 saturated heterocycles. The molecule has 2 aromatic rings. The van der Waals surface area contributed by atoms with Gasteiger partial charge in [0, 0.05) is 10.0 Å². The average molecular weight is 337 g/mol. The van der Waals surface area contributed by atoms with E-state index in [1.54, 1.807) is 0 Å². The molecule has 0 unspecified atom stereocenters. The lowest BCUT2D eigenvalue weighted by Crippen LogP contribution is -2.48. The molecule has 1 aliphatic carbocycles. The second-order valence-electron chi connectivity index (χ2n) is 5.04. The SMILES string of the molecule is Cc1cccc(-c2nnnn2C2(C(=O)O)CCC2)c1Br. The molecule has 20 heavy (non-hydrogen) atoms. The zero-order valence-electron chi connectivity index (χ0n) is 10.9. The summed E-state index contributed by atoms with van der Waals surface area (Å²) >= 11 is 3.52. The number of hydrogen-bond donors (Lipinski definition) is 1. The van der Waals surface area contributed by atoms with Crippen molar-refractivity contribution in [2.24, 2.45) is 0 Å². The largest absolute Gasteiger partial charge is 0.479 e. The summed E-state index contributed by atoms with van der Waals surface area (Å²) in [4.78, 5) is 11.6. The van der Waals surface area contributed by atoms with Gasteiger partial charge < -0.3 is 5.11 Å². The lowest BCUT2D eigenvalue weighted by atomic mass is 9.76. The highest BCUT2D eigenvalue weighted by molar-refractivity contribution is 9.10. The summed E-state index contributed by atoms with van der Waals surface area (Å²) in [6.45, 7) is 1.97. The Balaban J connectivity index is 2.16. The third-order valence-electron chi connectivity index (χ3n) is 3.89. The molecule has 0 spiro atoms. The second-order valence-corrected chi connectivity index (χ2v) is 5.83. The van der Waals surface area contributed by atoms with Gasteiger partial charge in [-0.15, -0.1) is 5.10 Å². The topological polar surface area (TPSA) is 80.9 Å². The molecule has 1 aromatic heterocycles. The van der Waals surface area contributed by atoms with Gasteiger partial charge in [0.05, 0.1) is 0 Å². The molecule has 0 bridgehead atoms. The first-order valence-corrected chi connectivity index (χ1v) is 7.13. The van der Waals surface area contributed by atoms with Crippen LogP contribution in [-0.2, 0) is 10.3 Å². The summed E-state index contributed by atoms with van der Waals surface area (Å²) < 4.78 is 2.34. The lowest BCUT2D eigenvalue weighted by Gasteiger charge is -2.37. The predicted molar refractivity (Wildman–Crippen MR) is 75.2 cm³/mol. The van der Waals surface area contributed by atoms with Crippen LogP contribution in [0.4, 0.5) is 0 Å². The normalized spacial score (nSPS) is 16.7. The van der Waals surface area contributed by atoms with Gasteiger partial charge in [-0.05, 0) is 64.2 Å². The van der Waals surface area contributed by atoms with Crippen molar-refractivity contribution in [3.8, 4) is 11.4 Å². The van der Waals surface area contributed by atoms with Crippen molar-refractivity contribution in [1.29, 1.82) is 0 Å². The molecule has 0 atom stereocenters. The van der Waals surface area contributed by atoms with Crippen molar-refractivity contribution >= 4 is 21.9 Å². The number of hydrogen-bond acceptors (Lipinski definition) is 4. The smallest absolute Gasteiger partial charge is 0.331 e. The molecule has 1 heterocycles.